The molecule has 1 heterocycles. The Hall–Kier alpha value is -4.16. The third kappa shape index (κ3) is 5.34. The highest BCUT2D eigenvalue weighted by atomic mass is 32.2. The molecule has 35 heavy (non-hydrogen) atoms. The number of para-hydroxylation sites is 1. The minimum absolute atomic E-state index is 0.119. The Bertz CT molecular complexity index is 1430. The van der Waals surface area contributed by atoms with Crippen molar-refractivity contribution in [3.8, 4) is 17.1 Å². The summed E-state index contributed by atoms with van der Waals surface area (Å²) < 4.78 is 2.09. The van der Waals surface area contributed by atoms with Gasteiger partial charge in [0.1, 0.15) is 0 Å². The minimum atomic E-state index is -0.119. The van der Waals surface area contributed by atoms with E-state index in [2.05, 4.69) is 32.2 Å². The average Bonchev–Trinajstić information content (AvgIpc) is 3.33. The van der Waals surface area contributed by atoms with Gasteiger partial charge in [0.25, 0.3) is 5.91 Å². The Labute approximate surface area is 208 Å². The quantitative estimate of drug-likeness (QED) is 0.263. The number of hydrogen-bond donors (Lipinski definition) is 1. The van der Waals surface area contributed by atoms with Crippen LogP contribution in [-0.4, -0.2) is 20.7 Å². The van der Waals surface area contributed by atoms with Crippen molar-refractivity contribution in [2.45, 2.75) is 17.8 Å². The van der Waals surface area contributed by atoms with Gasteiger partial charge in [0.05, 0.1) is 0 Å². The first-order valence-electron chi connectivity index (χ1n) is 11.3. The molecule has 0 unspecified atom stereocenters. The second kappa shape index (κ2) is 10.4. The smallest absolute Gasteiger partial charge is 0.255 e. The van der Waals surface area contributed by atoms with Gasteiger partial charge in [-0.15, -0.1) is 10.2 Å². The summed E-state index contributed by atoms with van der Waals surface area (Å²) in [6, 6.07) is 35.7. The maximum atomic E-state index is 12.6. The summed E-state index contributed by atoms with van der Waals surface area (Å²) in [6.45, 7) is 2.00. The molecule has 0 aliphatic rings. The zero-order chi connectivity index (χ0) is 24.0. The maximum absolute atomic E-state index is 12.6. The van der Waals surface area contributed by atoms with Crippen LogP contribution >= 0.6 is 11.8 Å². The Kier molecular flexibility index (Phi) is 6.73. The SMILES string of the molecule is Cc1cccc(NC(=O)c2ccc(CSc3nnc(-c4ccccc4)n3-c3ccccc3)cc2)c1. The van der Waals surface area contributed by atoms with Crippen LogP contribution in [0.5, 0.6) is 0 Å². The Morgan fingerprint density at radius 1 is 0.829 bits per heavy atom. The van der Waals surface area contributed by atoms with E-state index in [0.717, 1.165) is 39.0 Å². The summed E-state index contributed by atoms with van der Waals surface area (Å²) in [5.41, 5.74) is 5.66. The molecule has 0 bridgehead atoms. The molecule has 5 aromatic rings. The van der Waals surface area contributed by atoms with E-state index in [1.165, 1.54) is 0 Å². The van der Waals surface area contributed by atoms with Crippen molar-refractivity contribution in [3.63, 3.8) is 0 Å². The molecule has 1 amide bonds. The molecule has 0 saturated carbocycles. The van der Waals surface area contributed by atoms with E-state index in [-0.39, 0.29) is 5.91 Å². The first kappa shape index (κ1) is 22.6. The lowest BCUT2D eigenvalue weighted by molar-refractivity contribution is 0.102. The van der Waals surface area contributed by atoms with Crippen LogP contribution in [0.4, 0.5) is 5.69 Å². The number of nitrogens with zero attached hydrogens (tertiary/aromatic N) is 3. The Morgan fingerprint density at radius 3 is 2.26 bits per heavy atom. The normalized spacial score (nSPS) is 10.8. The van der Waals surface area contributed by atoms with Gasteiger partial charge in [-0.05, 0) is 54.4 Å². The van der Waals surface area contributed by atoms with E-state index in [4.69, 9.17) is 0 Å². The van der Waals surface area contributed by atoms with E-state index < -0.39 is 0 Å². The van der Waals surface area contributed by atoms with Gasteiger partial charge in [-0.25, -0.2) is 0 Å². The molecular formula is C29H24N4OS. The van der Waals surface area contributed by atoms with Crippen molar-refractivity contribution < 1.29 is 4.79 Å². The number of thioether (sulfide) groups is 1. The van der Waals surface area contributed by atoms with Gasteiger partial charge in [-0.1, -0.05) is 84.6 Å². The van der Waals surface area contributed by atoms with Crippen molar-refractivity contribution in [1.82, 2.24) is 14.8 Å². The van der Waals surface area contributed by atoms with E-state index in [9.17, 15) is 4.79 Å². The largest absolute Gasteiger partial charge is 0.322 e. The lowest BCUT2D eigenvalue weighted by atomic mass is 10.1. The van der Waals surface area contributed by atoms with E-state index in [1.807, 2.05) is 104 Å². The van der Waals surface area contributed by atoms with Crippen LogP contribution in [0.1, 0.15) is 21.5 Å². The second-order valence-corrected chi connectivity index (χ2v) is 9.09. The number of nitrogens with one attached hydrogen (secondary N) is 1. The monoisotopic (exact) mass is 476 g/mol. The standard InChI is InChI=1S/C29H24N4OS/c1-21-9-8-12-25(19-21)30-28(34)24-17-15-22(16-18-24)20-35-29-32-31-27(23-10-4-2-5-11-23)33(29)26-13-6-3-7-14-26/h2-19H,20H2,1H3,(H,30,34). The molecule has 0 radical (unpaired) electrons. The van der Waals surface area contributed by atoms with E-state index >= 15 is 0 Å². The highest BCUT2D eigenvalue weighted by Crippen LogP contribution is 2.29. The summed E-state index contributed by atoms with van der Waals surface area (Å²) in [4.78, 5) is 12.6. The van der Waals surface area contributed by atoms with Gasteiger partial charge in [0.15, 0.2) is 11.0 Å². The molecule has 0 fully saturated rings. The lowest BCUT2D eigenvalue weighted by Gasteiger charge is -2.10. The lowest BCUT2D eigenvalue weighted by Crippen LogP contribution is -2.11. The van der Waals surface area contributed by atoms with Gasteiger partial charge in [0.2, 0.25) is 0 Å². The first-order valence-corrected chi connectivity index (χ1v) is 12.3. The fraction of sp³-hybridized carbons (Fsp3) is 0.0690. The number of amides is 1. The third-order valence-electron chi connectivity index (χ3n) is 5.54. The predicted molar refractivity (Wildman–Crippen MR) is 142 cm³/mol. The van der Waals surface area contributed by atoms with Crippen LogP contribution in [0.25, 0.3) is 17.1 Å². The molecule has 4 aromatic carbocycles. The van der Waals surface area contributed by atoms with Gasteiger partial charge >= 0.3 is 0 Å². The first-order chi connectivity index (χ1) is 17.2. The van der Waals surface area contributed by atoms with E-state index in [1.54, 1.807) is 11.8 Å². The van der Waals surface area contributed by atoms with Crippen LogP contribution < -0.4 is 5.32 Å². The molecule has 0 aliphatic heterocycles. The third-order valence-corrected chi connectivity index (χ3v) is 6.54. The summed E-state index contributed by atoms with van der Waals surface area (Å²) in [7, 11) is 0. The molecule has 1 aromatic heterocycles. The number of aromatic nitrogens is 3. The molecule has 0 atom stereocenters. The fourth-order valence-electron chi connectivity index (χ4n) is 3.77. The molecule has 5 rings (SSSR count). The predicted octanol–water partition coefficient (Wildman–Crippen LogP) is 6.79. The number of anilines is 1. The molecule has 0 spiro atoms. The second-order valence-electron chi connectivity index (χ2n) is 8.15. The van der Waals surface area contributed by atoms with Gasteiger partial charge in [-0.2, -0.15) is 0 Å². The topological polar surface area (TPSA) is 59.8 Å². The summed E-state index contributed by atoms with van der Waals surface area (Å²) in [6.07, 6.45) is 0. The summed E-state index contributed by atoms with van der Waals surface area (Å²) in [5.74, 6) is 1.40. The maximum Gasteiger partial charge on any atom is 0.255 e. The van der Waals surface area contributed by atoms with Crippen molar-refractivity contribution in [2.24, 2.45) is 0 Å². The summed E-state index contributed by atoms with van der Waals surface area (Å²) >= 11 is 1.62. The number of rotatable bonds is 7. The number of hydrogen-bond acceptors (Lipinski definition) is 4. The average molecular weight is 477 g/mol. The van der Waals surface area contributed by atoms with Gasteiger partial charge in [0, 0.05) is 28.3 Å². The van der Waals surface area contributed by atoms with Crippen LogP contribution in [0.15, 0.2) is 114 Å². The zero-order valence-electron chi connectivity index (χ0n) is 19.3. The Morgan fingerprint density at radius 2 is 1.54 bits per heavy atom. The summed E-state index contributed by atoms with van der Waals surface area (Å²) in [5, 5.41) is 12.8. The molecule has 0 saturated heterocycles. The molecule has 6 heteroatoms. The molecular weight excluding hydrogens is 452 g/mol. The Balaban J connectivity index is 1.32. The van der Waals surface area contributed by atoms with Crippen LogP contribution in [0.2, 0.25) is 0 Å². The van der Waals surface area contributed by atoms with Crippen molar-refractivity contribution >= 4 is 23.4 Å². The number of carbonyl (C=O) groups excluding carboxylic acids is 1. The van der Waals surface area contributed by atoms with Crippen LogP contribution in [0.3, 0.4) is 0 Å². The molecule has 1 N–H and O–H groups in total. The van der Waals surface area contributed by atoms with Crippen LogP contribution in [0, 0.1) is 6.92 Å². The van der Waals surface area contributed by atoms with Gasteiger partial charge in [-0.3, -0.25) is 9.36 Å². The minimum Gasteiger partial charge on any atom is -0.322 e. The highest BCUT2D eigenvalue weighted by molar-refractivity contribution is 7.98. The highest BCUT2D eigenvalue weighted by Gasteiger charge is 2.16. The fourth-order valence-corrected chi connectivity index (χ4v) is 4.68. The number of benzene rings is 4. The van der Waals surface area contributed by atoms with Crippen LogP contribution in [-0.2, 0) is 5.75 Å². The number of carbonyl (C=O) groups is 1. The van der Waals surface area contributed by atoms with E-state index in [0.29, 0.717) is 11.3 Å². The molecule has 172 valence electrons. The van der Waals surface area contributed by atoms with Crippen molar-refractivity contribution in [1.29, 1.82) is 0 Å². The zero-order valence-corrected chi connectivity index (χ0v) is 20.1. The molecule has 5 nitrogen and oxygen atoms in total. The van der Waals surface area contributed by atoms with Gasteiger partial charge < -0.3 is 5.32 Å². The van der Waals surface area contributed by atoms with Crippen molar-refractivity contribution in [2.75, 3.05) is 5.32 Å². The van der Waals surface area contributed by atoms with Crippen molar-refractivity contribution in [3.05, 3.63) is 126 Å². The molecule has 0 aliphatic carbocycles. The number of aryl methyl sites for hydroxylation is 1.